The molecule has 0 bridgehead atoms. The number of nitro benzene ring substituents is 1. The number of benzene rings is 1. The van der Waals surface area contributed by atoms with Crippen LogP contribution in [0.15, 0.2) is 23.1 Å². The summed E-state index contributed by atoms with van der Waals surface area (Å²) >= 11 is 5.39. The van der Waals surface area contributed by atoms with Gasteiger partial charge in [-0.1, -0.05) is 0 Å². The molecule has 0 spiro atoms. The van der Waals surface area contributed by atoms with Crippen molar-refractivity contribution in [3.63, 3.8) is 0 Å². The van der Waals surface area contributed by atoms with Gasteiger partial charge >= 0.3 is 6.18 Å². The largest absolute Gasteiger partial charge is 0.423 e. The molecule has 0 saturated heterocycles. The summed E-state index contributed by atoms with van der Waals surface area (Å²) in [5.41, 5.74) is -2.81. The Bertz CT molecular complexity index is 630. The number of hydrogen-bond donors (Lipinski definition) is 0. The van der Waals surface area contributed by atoms with Crippen molar-refractivity contribution in [1.82, 2.24) is 0 Å². The fourth-order valence-electron chi connectivity index (χ4n) is 1.39. The summed E-state index contributed by atoms with van der Waals surface area (Å²) in [5, 5.41) is 9.45. The third-order valence-corrected chi connectivity index (χ3v) is 5.33. The molecule has 0 aliphatic carbocycles. The van der Waals surface area contributed by atoms with Crippen molar-refractivity contribution in [2.75, 3.05) is 5.88 Å². The van der Waals surface area contributed by atoms with Crippen LogP contribution in [0.2, 0.25) is 0 Å². The third kappa shape index (κ3) is 3.21. The average Bonchev–Trinajstić information content (AvgIpc) is 2.35. The van der Waals surface area contributed by atoms with E-state index in [9.17, 15) is 31.7 Å². The minimum Gasteiger partial charge on any atom is -0.258 e. The Labute approximate surface area is 117 Å². The Morgan fingerprint density at radius 2 is 1.95 bits per heavy atom. The molecule has 1 aromatic carbocycles. The van der Waals surface area contributed by atoms with Crippen LogP contribution in [-0.4, -0.2) is 24.5 Å². The monoisotopic (exact) mass is 331 g/mol. The highest BCUT2D eigenvalue weighted by atomic mass is 35.5. The lowest BCUT2D eigenvalue weighted by Crippen LogP contribution is -2.20. The van der Waals surface area contributed by atoms with Gasteiger partial charge in [0.05, 0.1) is 15.1 Å². The smallest absolute Gasteiger partial charge is 0.258 e. The van der Waals surface area contributed by atoms with Crippen LogP contribution in [0.4, 0.5) is 18.9 Å². The van der Waals surface area contributed by atoms with Crippen molar-refractivity contribution in [2.24, 2.45) is 0 Å². The second-order valence-electron chi connectivity index (χ2n) is 3.94. The van der Waals surface area contributed by atoms with Gasteiger partial charge in [-0.3, -0.25) is 10.1 Å². The molecular formula is C10H9ClF3NO4S. The summed E-state index contributed by atoms with van der Waals surface area (Å²) < 4.78 is 62.0. The molecule has 0 aliphatic rings. The summed E-state index contributed by atoms with van der Waals surface area (Å²) in [4.78, 5) is 8.69. The zero-order valence-corrected chi connectivity index (χ0v) is 11.6. The predicted octanol–water partition coefficient (Wildman–Crippen LogP) is 3.01. The molecule has 10 heteroatoms. The number of hydrogen-bond acceptors (Lipinski definition) is 4. The zero-order chi connectivity index (χ0) is 15.7. The molecule has 1 atom stereocenters. The van der Waals surface area contributed by atoms with E-state index in [1.54, 1.807) is 0 Å². The Morgan fingerprint density at radius 3 is 2.35 bits per heavy atom. The lowest BCUT2D eigenvalue weighted by atomic mass is 10.2. The van der Waals surface area contributed by atoms with Crippen molar-refractivity contribution >= 4 is 27.1 Å². The van der Waals surface area contributed by atoms with Crippen LogP contribution in [0.1, 0.15) is 12.5 Å². The minimum absolute atomic E-state index is 0.260. The lowest BCUT2D eigenvalue weighted by molar-refractivity contribution is -0.388. The first-order chi connectivity index (χ1) is 9.01. The average molecular weight is 332 g/mol. The molecule has 0 aliphatic heterocycles. The number of alkyl halides is 4. The van der Waals surface area contributed by atoms with Gasteiger partial charge in [0.1, 0.15) is 5.56 Å². The maximum absolute atomic E-state index is 12.7. The Kier molecular flexibility index (Phi) is 4.65. The van der Waals surface area contributed by atoms with Gasteiger partial charge in [0.2, 0.25) is 0 Å². The maximum Gasteiger partial charge on any atom is 0.423 e. The quantitative estimate of drug-likeness (QED) is 0.482. The number of halogens is 4. The standard InChI is InChI=1S/C10H9ClF3NO4S/c1-6(5-11)20(18,19)7-2-3-9(15(16)17)8(4-7)10(12,13)14/h2-4,6H,5H2,1H3. The van der Waals surface area contributed by atoms with E-state index in [0.717, 1.165) is 6.07 Å². The minimum atomic E-state index is -5.03. The first kappa shape index (κ1) is 16.7. The van der Waals surface area contributed by atoms with E-state index in [1.807, 2.05) is 0 Å². The lowest BCUT2D eigenvalue weighted by Gasteiger charge is -2.12. The maximum atomic E-state index is 12.7. The summed E-state index contributed by atoms with van der Waals surface area (Å²) in [6.07, 6.45) is -5.03. The van der Waals surface area contributed by atoms with E-state index in [4.69, 9.17) is 11.6 Å². The molecule has 1 rings (SSSR count). The van der Waals surface area contributed by atoms with Gasteiger partial charge in [0.15, 0.2) is 9.84 Å². The van der Waals surface area contributed by atoms with Crippen LogP contribution in [0.3, 0.4) is 0 Å². The van der Waals surface area contributed by atoms with Crippen LogP contribution in [0.25, 0.3) is 0 Å². The highest BCUT2D eigenvalue weighted by Crippen LogP contribution is 2.37. The van der Waals surface area contributed by atoms with Crippen molar-refractivity contribution in [3.05, 3.63) is 33.9 Å². The van der Waals surface area contributed by atoms with E-state index >= 15 is 0 Å². The highest BCUT2D eigenvalue weighted by Gasteiger charge is 2.39. The molecule has 1 unspecified atom stereocenters. The van der Waals surface area contributed by atoms with Crippen LogP contribution < -0.4 is 0 Å². The van der Waals surface area contributed by atoms with Crippen molar-refractivity contribution in [1.29, 1.82) is 0 Å². The van der Waals surface area contributed by atoms with Gasteiger partial charge in [0, 0.05) is 11.9 Å². The van der Waals surface area contributed by atoms with E-state index < -0.39 is 42.3 Å². The second-order valence-corrected chi connectivity index (χ2v) is 6.62. The molecule has 0 saturated carbocycles. The molecule has 112 valence electrons. The Morgan fingerprint density at radius 1 is 1.40 bits per heavy atom. The fourth-order valence-corrected chi connectivity index (χ4v) is 3.06. The normalized spacial score (nSPS) is 14.1. The topological polar surface area (TPSA) is 77.3 Å². The van der Waals surface area contributed by atoms with Gasteiger partial charge in [-0.15, -0.1) is 11.6 Å². The van der Waals surface area contributed by atoms with Crippen molar-refractivity contribution < 1.29 is 26.5 Å². The van der Waals surface area contributed by atoms with E-state index in [0.29, 0.717) is 6.07 Å². The molecule has 0 fully saturated rings. The fraction of sp³-hybridized carbons (Fsp3) is 0.400. The van der Waals surface area contributed by atoms with Crippen LogP contribution in [0, 0.1) is 10.1 Å². The third-order valence-electron chi connectivity index (χ3n) is 2.55. The van der Waals surface area contributed by atoms with E-state index in [-0.39, 0.29) is 11.9 Å². The molecule has 5 nitrogen and oxygen atoms in total. The molecule has 0 amide bonds. The second kappa shape index (κ2) is 5.57. The van der Waals surface area contributed by atoms with Gasteiger partial charge < -0.3 is 0 Å². The molecule has 0 aromatic heterocycles. The van der Waals surface area contributed by atoms with Gasteiger partial charge in [-0.05, 0) is 19.1 Å². The predicted molar refractivity (Wildman–Crippen MR) is 65.5 cm³/mol. The van der Waals surface area contributed by atoms with Gasteiger partial charge in [0.25, 0.3) is 5.69 Å². The van der Waals surface area contributed by atoms with Gasteiger partial charge in [-0.25, -0.2) is 8.42 Å². The Balaban J connectivity index is 3.53. The highest BCUT2D eigenvalue weighted by molar-refractivity contribution is 7.92. The summed E-state index contributed by atoms with van der Waals surface area (Å²) in [7, 11) is -4.07. The molecule has 0 N–H and O–H groups in total. The number of nitro groups is 1. The van der Waals surface area contributed by atoms with E-state index in [1.165, 1.54) is 6.92 Å². The molecule has 0 heterocycles. The first-order valence-electron chi connectivity index (χ1n) is 5.17. The SMILES string of the molecule is CC(CCl)S(=O)(=O)c1ccc([N+](=O)[O-])c(C(F)(F)F)c1. The molecular weight excluding hydrogens is 323 g/mol. The zero-order valence-electron chi connectivity index (χ0n) is 10.0. The number of rotatable bonds is 4. The molecule has 20 heavy (non-hydrogen) atoms. The van der Waals surface area contributed by atoms with Crippen LogP contribution >= 0.6 is 11.6 Å². The van der Waals surface area contributed by atoms with Crippen molar-refractivity contribution in [3.8, 4) is 0 Å². The van der Waals surface area contributed by atoms with Crippen LogP contribution in [-0.2, 0) is 16.0 Å². The Hall–Kier alpha value is -1.35. The summed E-state index contributed by atoms with van der Waals surface area (Å²) in [5.74, 6) is -0.305. The van der Waals surface area contributed by atoms with Crippen molar-refractivity contribution in [2.45, 2.75) is 23.2 Å². The number of sulfone groups is 1. The molecule has 0 radical (unpaired) electrons. The van der Waals surface area contributed by atoms with Gasteiger partial charge in [-0.2, -0.15) is 13.2 Å². The molecule has 1 aromatic rings. The first-order valence-corrected chi connectivity index (χ1v) is 7.25. The van der Waals surface area contributed by atoms with E-state index in [2.05, 4.69) is 0 Å². The number of nitrogens with zero attached hydrogens (tertiary/aromatic N) is 1. The van der Waals surface area contributed by atoms with Crippen LogP contribution in [0.5, 0.6) is 0 Å². The summed E-state index contributed by atoms with van der Waals surface area (Å²) in [6.45, 7) is 1.23. The summed E-state index contributed by atoms with van der Waals surface area (Å²) in [6, 6.07) is 1.55.